The van der Waals surface area contributed by atoms with E-state index in [0.717, 1.165) is 30.4 Å². The number of hydrogen-bond acceptors (Lipinski definition) is 10. The Bertz CT molecular complexity index is 1390. The number of aliphatic hydroxyl groups is 4. The van der Waals surface area contributed by atoms with Crippen molar-refractivity contribution < 1.29 is 44.5 Å². The zero-order chi connectivity index (χ0) is 33.2. The number of cyclic esters (lactones) is 1. The summed E-state index contributed by atoms with van der Waals surface area (Å²) >= 11 is 0. The average molecular weight is 654 g/mol. The van der Waals surface area contributed by atoms with Crippen molar-refractivity contribution in [1.82, 2.24) is 0 Å². The predicted molar refractivity (Wildman–Crippen MR) is 173 cm³/mol. The molecule has 2 aliphatic heterocycles. The van der Waals surface area contributed by atoms with Crippen molar-refractivity contribution in [1.29, 1.82) is 0 Å². The molecule has 4 aliphatic carbocycles. The molecule has 5 N–H and O–H groups in total. The number of hydrogen-bond donors (Lipinski definition) is 5. The van der Waals surface area contributed by atoms with Crippen LogP contribution in [0.1, 0.15) is 83.6 Å². The van der Waals surface area contributed by atoms with Crippen LogP contribution in [0.25, 0.3) is 0 Å². The van der Waals surface area contributed by atoms with Crippen molar-refractivity contribution in [3.63, 3.8) is 0 Å². The van der Waals surface area contributed by atoms with E-state index in [4.69, 9.17) is 19.2 Å². The van der Waals surface area contributed by atoms with Crippen LogP contribution in [0.4, 0.5) is 0 Å². The monoisotopic (exact) mass is 653 g/mol. The van der Waals surface area contributed by atoms with Gasteiger partial charge in [-0.3, -0.25) is 4.99 Å². The summed E-state index contributed by atoms with van der Waals surface area (Å²) in [6, 6.07) is 7.15. The molecule has 1 saturated heterocycles. The lowest BCUT2D eigenvalue weighted by Crippen LogP contribution is -2.69. The molecule has 0 amide bonds. The molecule has 1 aromatic carbocycles. The first-order valence-corrected chi connectivity index (χ1v) is 17.7. The SMILES string of the molecule is C[C@@H]1O[C@@H](O[C@@H]2CC[C@@]3(C=NCCc4ccc(O)cc4)[C@@H]4CC[C@@]5(C)[C@@H](C6=CC(=O)OC6)CC[C@]5(O)[C@@H]4CC[C@]3(O)C2)C[C@@H](O)[C@@H]1O. The Morgan fingerprint density at radius 1 is 1.02 bits per heavy atom. The number of esters is 1. The minimum absolute atomic E-state index is 0.0228. The Morgan fingerprint density at radius 3 is 2.51 bits per heavy atom. The number of fused-ring (bicyclic) bond motifs is 5. The van der Waals surface area contributed by atoms with Crippen LogP contribution in [0, 0.1) is 28.6 Å². The molecule has 0 unspecified atom stereocenters. The van der Waals surface area contributed by atoms with Crippen molar-refractivity contribution in [2.75, 3.05) is 13.2 Å². The number of phenols is 1. The zero-order valence-corrected chi connectivity index (χ0v) is 27.6. The average Bonchev–Trinajstić information content (AvgIpc) is 3.58. The number of aliphatic hydroxyl groups excluding tert-OH is 2. The minimum atomic E-state index is -1.10. The summed E-state index contributed by atoms with van der Waals surface area (Å²) in [4.78, 5) is 17.0. The van der Waals surface area contributed by atoms with Crippen LogP contribution in [0.2, 0.25) is 0 Å². The number of carbonyl (C=O) groups excluding carboxylic acids is 1. The van der Waals surface area contributed by atoms with E-state index < -0.39 is 41.2 Å². The van der Waals surface area contributed by atoms with E-state index in [2.05, 4.69) is 6.92 Å². The molecule has 1 aromatic rings. The molecule has 10 heteroatoms. The van der Waals surface area contributed by atoms with E-state index in [1.807, 2.05) is 18.3 Å². The Labute approximate surface area is 276 Å². The molecule has 12 atom stereocenters. The number of phenolic OH excluding ortho intramolecular Hbond substituents is 1. The molecule has 7 rings (SSSR count). The number of aliphatic imine (C=N–C) groups is 1. The van der Waals surface area contributed by atoms with Gasteiger partial charge in [-0.15, -0.1) is 0 Å². The first-order valence-electron chi connectivity index (χ1n) is 17.7. The highest BCUT2D eigenvalue weighted by Crippen LogP contribution is 2.70. The normalized spacial score (nSPS) is 46.4. The van der Waals surface area contributed by atoms with Crippen molar-refractivity contribution in [2.45, 2.75) is 126 Å². The number of carbonyl (C=O) groups is 1. The first kappa shape index (κ1) is 33.2. The van der Waals surface area contributed by atoms with Crippen LogP contribution in [0.15, 0.2) is 40.9 Å². The van der Waals surface area contributed by atoms with Gasteiger partial charge in [-0.25, -0.2) is 4.79 Å². The van der Waals surface area contributed by atoms with Crippen molar-refractivity contribution in [3.8, 4) is 5.75 Å². The molecule has 0 spiro atoms. The van der Waals surface area contributed by atoms with E-state index in [1.165, 1.54) is 0 Å². The fourth-order valence-corrected chi connectivity index (χ4v) is 10.9. The zero-order valence-electron chi connectivity index (χ0n) is 27.6. The van der Waals surface area contributed by atoms with E-state index >= 15 is 0 Å². The minimum Gasteiger partial charge on any atom is -0.508 e. The van der Waals surface area contributed by atoms with Crippen LogP contribution >= 0.6 is 0 Å². The second kappa shape index (κ2) is 12.2. The highest BCUT2D eigenvalue weighted by molar-refractivity contribution is 5.85. The molecule has 6 aliphatic rings. The van der Waals surface area contributed by atoms with Gasteiger partial charge in [-0.1, -0.05) is 19.1 Å². The summed E-state index contributed by atoms with van der Waals surface area (Å²) in [6.45, 7) is 4.77. The largest absolute Gasteiger partial charge is 0.508 e. The van der Waals surface area contributed by atoms with Gasteiger partial charge in [0.15, 0.2) is 6.29 Å². The first-order chi connectivity index (χ1) is 22.4. The van der Waals surface area contributed by atoms with Gasteiger partial charge in [0, 0.05) is 42.5 Å². The smallest absolute Gasteiger partial charge is 0.331 e. The predicted octanol–water partition coefficient (Wildman–Crippen LogP) is 3.60. The Balaban J connectivity index is 1.15. The van der Waals surface area contributed by atoms with Crippen molar-refractivity contribution in [3.05, 3.63) is 41.5 Å². The Kier molecular flexibility index (Phi) is 8.62. The molecule has 0 aromatic heterocycles. The third-order valence-electron chi connectivity index (χ3n) is 13.4. The third-order valence-corrected chi connectivity index (χ3v) is 13.4. The number of ether oxygens (including phenoxy) is 3. The lowest BCUT2D eigenvalue weighted by molar-refractivity contribution is -0.282. The summed E-state index contributed by atoms with van der Waals surface area (Å²) in [6.07, 6.45) is 7.18. The molecule has 10 nitrogen and oxygen atoms in total. The number of benzene rings is 1. The molecule has 47 heavy (non-hydrogen) atoms. The Hall–Kier alpha value is -2.34. The fourth-order valence-electron chi connectivity index (χ4n) is 10.9. The van der Waals surface area contributed by atoms with E-state index in [-0.39, 0.29) is 47.4 Å². The van der Waals surface area contributed by atoms with Crippen LogP contribution in [0.3, 0.4) is 0 Å². The topological polar surface area (TPSA) is 158 Å². The highest BCUT2D eigenvalue weighted by atomic mass is 16.7. The molecule has 5 fully saturated rings. The molecule has 2 heterocycles. The number of nitrogens with zero attached hydrogens (tertiary/aromatic N) is 1. The molecule has 4 saturated carbocycles. The summed E-state index contributed by atoms with van der Waals surface area (Å²) in [5.74, 6) is 0.0225. The van der Waals surface area contributed by atoms with Crippen molar-refractivity contribution >= 4 is 12.2 Å². The summed E-state index contributed by atoms with van der Waals surface area (Å²) in [5.41, 5.74) is -1.00. The molecule has 0 bridgehead atoms. The van der Waals surface area contributed by atoms with Gasteiger partial charge in [0.25, 0.3) is 0 Å². The van der Waals surface area contributed by atoms with Gasteiger partial charge in [-0.2, -0.15) is 0 Å². The second-order valence-electron chi connectivity index (χ2n) is 15.6. The maximum Gasteiger partial charge on any atom is 0.331 e. The highest BCUT2D eigenvalue weighted by Gasteiger charge is 2.71. The lowest BCUT2D eigenvalue weighted by atomic mass is 9.41. The van der Waals surface area contributed by atoms with Crippen LogP contribution < -0.4 is 0 Å². The maximum atomic E-state index is 12.7. The molecular formula is C37H51NO9. The number of rotatable bonds is 7. The van der Waals surface area contributed by atoms with Gasteiger partial charge in [0.05, 0.1) is 29.5 Å². The van der Waals surface area contributed by atoms with Gasteiger partial charge in [0.2, 0.25) is 0 Å². The summed E-state index contributed by atoms with van der Waals surface area (Å²) in [7, 11) is 0. The maximum absolute atomic E-state index is 12.7. The van der Waals surface area contributed by atoms with Gasteiger partial charge in [-0.05, 0) is 106 Å². The standard InChI is InChI=1S/C37H51NO9/c1-22-33(42)30(40)18-32(46-22)47-26-7-13-35(21-38-16-11-23-3-5-25(39)6-4-23)28-8-12-34(2)27(24-17-31(41)45-20-24)10-15-37(34,44)29(28)9-14-36(35,43)19-26/h3-6,17,21-22,26-30,32-33,39-40,42-44H,7-16,18-20H2,1-2H3/t22-,26+,27+,28+,29+,30+,32-,33+,34-,35+,36-,37-/m0/s1. The Morgan fingerprint density at radius 2 is 1.79 bits per heavy atom. The van der Waals surface area contributed by atoms with E-state index in [1.54, 1.807) is 25.1 Å². The van der Waals surface area contributed by atoms with Crippen molar-refractivity contribution in [2.24, 2.45) is 33.6 Å². The molecule has 258 valence electrons. The van der Waals surface area contributed by atoms with Gasteiger partial charge in [0.1, 0.15) is 18.5 Å². The lowest BCUT2D eigenvalue weighted by Gasteiger charge is -2.66. The van der Waals surface area contributed by atoms with Gasteiger partial charge >= 0.3 is 5.97 Å². The number of aromatic hydroxyl groups is 1. The van der Waals surface area contributed by atoms with E-state index in [0.29, 0.717) is 58.1 Å². The summed E-state index contributed by atoms with van der Waals surface area (Å²) < 4.78 is 17.6. The van der Waals surface area contributed by atoms with Crippen LogP contribution in [-0.2, 0) is 25.4 Å². The van der Waals surface area contributed by atoms with Gasteiger partial charge < -0.3 is 39.7 Å². The van der Waals surface area contributed by atoms with E-state index in [9.17, 15) is 30.3 Å². The van der Waals surface area contributed by atoms with Crippen LogP contribution in [0.5, 0.6) is 5.75 Å². The molecule has 0 radical (unpaired) electrons. The second-order valence-corrected chi connectivity index (χ2v) is 15.6. The third kappa shape index (κ3) is 5.47. The quantitative estimate of drug-likeness (QED) is 0.168. The fraction of sp³-hybridized carbons (Fsp3) is 0.730. The molecular weight excluding hydrogens is 602 g/mol. The van der Waals surface area contributed by atoms with Crippen LogP contribution in [-0.4, -0.2) is 92.8 Å². The summed E-state index contributed by atoms with van der Waals surface area (Å²) in [5, 5.41) is 55.7.